The summed E-state index contributed by atoms with van der Waals surface area (Å²) in [5, 5.41) is 8.70. The predicted octanol–water partition coefficient (Wildman–Crippen LogP) is 4.60. The van der Waals surface area contributed by atoms with E-state index >= 15 is 0 Å². The molecule has 1 aromatic carbocycles. The van der Waals surface area contributed by atoms with Gasteiger partial charge in [0.15, 0.2) is 5.82 Å². The number of piperidine rings is 1. The summed E-state index contributed by atoms with van der Waals surface area (Å²) >= 11 is 0. The third kappa shape index (κ3) is 4.21. The van der Waals surface area contributed by atoms with Crippen LogP contribution in [0.15, 0.2) is 36.4 Å². The summed E-state index contributed by atoms with van der Waals surface area (Å²) in [6.07, 6.45) is 9.45. The minimum absolute atomic E-state index is 0.239. The van der Waals surface area contributed by atoms with Gasteiger partial charge >= 0.3 is 0 Å². The number of hydrogen-bond acceptors (Lipinski definition) is 4. The van der Waals surface area contributed by atoms with Gasteiger partial charge < -0.3 is 9.64 Å². The minimum Gasteiger partial charge on any atom is -0.375 e. The minimum atomic E-state index is -0.239. The molecule has 1 aliphatic heterocycles. The average Bonchev–Trinajstić information content (AvgIpc) is 2.70. The van der Waals surface area contributed by atoms with E-state index in [1.165, 1.54) is 44.2 Å². The van der Waals surface area contributed by atoms with Gasteiger partial charge in [0.2, 0.25) is 0 Å². The number of nitrogens with zero attached hydrogens (tertiary/aromatic N) is 3. The molecule has 1 aliphatic carbocycles. The van der Waals surface area contributed by atoms with Gasteiger partial charge in [0.1, 0.15) is 5.82 Å². The largest absolute Gasteiger partial charge is 0.375 e. The van der Waals surface area contributed by atoms with Crippen molar-refractivity contribution in [3.63, 3.8) is 0 Å². The second-order valence-electron chi connectivity index (χ2n) is 7.37. The summed E-state index contributed by atoms with van der Waals surface area (Å²) in [6.45, 7) is 1.92. The first-order valence-corrected chi connectivity index (χ1v) is 9.78. The zero-order valence-corrected chi connectivity index (χ0v) is 15.1. The summed E-state index contributed by atoms with van der Waals surface area (Å²) in [4.78, 5) is 2.28. The number of rotatable bonds is 4. The van der Waals surface area contributed by atoms with Crippen molar-refractivity contribution in [2.24, 2.45) is 0 Å². The normalized spacial score (nSPS) is 19.7. The van der Waals surface area contributed by atoms with Gasteiger partial charge in [-0.05, 0) is 62.1 Å². The highest BCUT2D eigenvalue weighted by Gasteiger charge is 2.24. The summed E-state index contributed by atoms with van der Waals surface area (Å²) in [5.74, 6) is 0.670. The van der Waals surface area contributed by atoms with Crippen molar-refractivity contribution in [2.75, 3.05) is 18.0 Å². The van der Waals surface area contributed by atoms with Crippen molar-refractivity contribution in [3.05, 3.63) is 42.2 Å². The van der Waals surface area contributed by atoms with E-state index in [2.05, 4.69) is 15.1 Å². The van der Waals surface area contributed by atoms with E-state index < -0.39 is 0 Å². The molecule has 4 rings (SSSR count). The number of hydrogen-bond donors (Lipinski definition) is 0. The Balaban J connectivity index is 1.32. The molecule has 2 fully saturated rings. The van der Waals surface area contributed by atoms with Crippen molar-refractivity contribution in [1.29, 1.82) is 0 Å². The van der Waals surface area contributed by atoms with Crippen LogP contribution >= 0.6 is 0 Å². The first-order valence-electron chi connectivity index (χ1n) is 9.78. The summed E-state index contributed by atoms with van der Waals surface area (Å²) in [6, 6.07) is 10.3. The molecule has 1 aromatic heterocycles. The quantitative estimate of drug-likeness (QED) is 0.803. The SMILES string of the molecule is Fc1ccc(-c2ccc(N3CCC(OC4CCCCC4)CC3)nn2)cc1. The van der Waals surface area contributed by atoms with Gasteiger partial charge in [0.25, 0.3) is 0 Å². The van der Waals surface area contributed by atoms with Crippen LogP contribution in [-0.2, 0) is 4.74 Å². The Morgan fingerprint density at radius 2 is 1.50 bits per heavy atom. The third-order valence-corrected chi connectivity index (χ3v) is 5.49. The van der Waals surface area contributed by atoms with Crippen molar-refractivity contribution in [3.8, 4) is 11.3 Å². The fourth-order valence-electron chi connectivity index (χ4n) is 3.96. The molecule has 0 amide bonds. The van der Waals surface area contributed by atoms with Crippen LogP contribution in [0.4, 0.5) is 10.2 Å². The van der Waals surface area contributed by atoms with E-state index in [0.717, 1.165) is 43.0 Å². The van der Waals surface area contributed by atoms with Crippen LogP contribution in [-0.4, -0.2) is 35.5 Å². The molecule has 5 heteroatoms. The Labute approximate surface area is 154 Å². The predicted molar refractivity (Wildman–Crippen MR) is 101 cm³/mol. The van der Waals surface area contributed by atoms with Crippen LogP contribution in [0, 0.1) is 5.82 Å². The maximum absolute atomic E-state index is 13.0. The smallest absolute Gasteiger partial charge is 0.151 e. The molecule has 0 unspecified atom stereocenters. The van der Waals surface area contributed by atoms with Crippen LogP contribution < -0.4 is 4.90 Å². The lowest BCUT2D eigenvalue weighted by Gasteiger charge is -2.35. The Hall–Kier alpha value is -2.01. The average molecular weight is 355 g/mol. The highest BCUT2D eigenvalue weighted by Crippen LogP contribution is 2.26. The van der Waals surface area contributed by atoms with Crippen LogP contribution in [0.2, 0.25) is 0 Å². The lowest BCUT2D eigenvalue weighted by Crippen LogP contribution is -2.39. The van der Waals surface area contributed by atoms with Crippen LogP contribution in [0.1, 0.15) is 44.9 Å². The zero-order chi connectivity index (χ0) is 17.8. The van der Waals surface area contributed by atoms with E-state index in [4.69, 9.17) is 4.74 Å². The van der Waals surface area contributed by atoms with E-state index in [9.17, 15) is 4.39 Å². The monoisotopic (exact) mass is 355 g/mol. The van der Waals surface area contributed by atoms with Crippen LogP contribution in [0.5, 0.6) is 0 Å². The third-order valence-electron chi connectivity index (χ3n) is 5.49. The highest BCUT2D eigenvalue weighted by molar-refractivity contribution is 5.59. The molecular formula is C21H26FN3O. The molecule has 0 atom stereocenters. The Bertz CT molecular complexity index is 690. The maximum Gasteiger partial charge on any atom is 0.151 e. The molecule has 0 radical (unpaired) electrons. The van der Waals surface area contributed by atoms with E-state index in [-0.39, 0.29) is 5.82 Å². The van der Waals surface area contributed by atoms with Crippen LogP contribution in [0.25, 0.3) is 11.3 Å². The Morgan fingerprint density at radius 1 is 0.808 bits per heavy atom. The maximum atomic E-state index is 13.0. The first-order chi connectivity index (χ1) is 12.8. The summed E-state index contributed by atoms with van der Waals surface area (Å²) < 4.78 is 19.3. The van der Waals surface area contributed by atoms with Gasteiger partial charge in [-0.15, -0.1) is 10.2 Å². The molecule has 2 heterocycles. The number of aromatic nitrogens is 2. The van der Waals surface area contributed by atoms with E-state index in [1.807, 2.05) is 12.1 Å². The molecule has 0 bridgehead atoms. The Morgan fingerprint density at radius 3 is 2.15 bits per heavy atom. The highest BCUT2D eigenvalue weighted by atomic mass is 19.1. The van der Waals surface area contributed by atoms with Gasteiger partial charge in [-0.25, -0.2) is 4.39 Å². The molecule has 0 N–H and O–H groups in total. The molecule has 26 heavy (non-hydrogen) atoms. The van der Waals surface area contributed by atoms with Crippen LogP contribution in [0.3, 0.4) is 0 Å². The molecular weight excluding hydrogens is 329 g/mol. The first kappa shape index (κ1) is 17.4. The van der Waals surface area contributed by atoms with Gasteiger partial charge in [-0.3, -0.25) is 0 Å². The fourth-order valence-corrected chi connectivity index (χ4v) is 3.96. The molecule has 1 saturated heterocycles. The standard InChI is InChI=1S/C21H26FN3O/c22-17-8-6-16(7-9-17)20-10-11-21(24-23-20)25-14-12-19(13-15-25)26-18-4-2-1-3-5-18/h6-11,18-19H,1-5,12-15H2. The fraction of sp³-hybridized carbons (Fsp3) is 0.524. The second-order valence-corrected chi connectivity index (χ2v) is 7.37. The second kappa shape index (κ2) is 8.12. The van der Waals surface area contributed by atoms with Crippen molar-refractivity contribution >= 4 is 5.82 Å². The summed E-state index contributed by atoms with van der Waals surface area (Å²) in [7, 11) is 0. The molecule has 138 valence electrons. The van der Waals surface area contributed by atoms with Gasteiger partial charge in [-0.1, -0.05) is 19.3 Å². The van der Waals surface area contributed by atoms with Gasteiger partial charge in [0.05, 0.1) is 17.9 Å². The van der Waals surface area contributed by atoms with Gasteiger partial charge in [-0.2, -0.15) is 0 Å². The van der Waals surface area contributed by atoms with E-state index in [1.54, 1.807) is 12.1 Å². The number of ether oxygens (including phenoxy) is 1. The molecule has 2 aromatic rings. The molecule has 2 aliphatic rings. The summed E-state index contributed by atoms with van der Waals surface area (Å²) in [5.41, 5.74) is 1.65. The number of anilines is 1. The molecule has 0 spiro atoms. The lowest BCUT2D eigenvalue weighted by molar-refractivity contribution is -0.0395. The van der Waals surface area contributed by atoms with Crippen molar-refractivity contribution < 1.29 is 9.13 Å². The number of halogens is 1. The number of benzene rings is 1. The van der Waals surface area contributed by atoms with Crippen molar-refractivity contribution in [2.45, 2.75) is 57.2 Å². The topological polar surface area (TPSA) is 38.2 Å². The van der Waals surface area contributed by atoms with E-state index in [0.29, 0.717) is 12.2 Å². The van der Waals surface area contributed by atoms with Crippen molar-refractivity contribution in [1.82, 2.24) is 10.2 Å². The molecule has 1 saturated carbocycles. The lowest BCUT2D eigenvalue weighted by atomic mass is 9.97. The van der Waals surface area contributed by atoms with Gasteiger partial charge in [0, 0.05) is 18.7 Å². The molecule has 4 nitrogen and oxygen atoms in total. The zero-order valence-electron chi connectivity index (χ0n) is 15.1. The Kier molecular flexibility index (Phi) is 5.44.